The second kappa shape index (κ2) is 4.69. The standard InChI is InChI=1S/C11H10ClN/c1-9(12)6-7-10-4-2-3-5-11(10)8-13/h2-5H,1,6-7H2. The molecule has 1 aromatic carbocycles. The second-order valence-corrected chi connectivity index (χ2v) is 3.32. The molecule has 0 bridgehead atoms. The number of aryl methyl sites for hydroxylation is 1. The Balaban J connectivity index is 2.77. The number of allylic oxidation sites excluding steroid dienone is 1. The zero-order valence-corrected chi connectivity index (χ0v) is 8.01. The average Bonchev–Trinajstić information content (AvgIpc) is 2.15. The monoisotopic (exact) mass is 191 g/mol. The fourth-order valence-electron chi connectivity index (χ4n) is 1.12. The van der Waals surface area contributed by atoms with Crippen molar-refractivity contribution in [3.63, 3.8) is 0 Å². The van der Waals surface area contributed by atoms with Crippen molar-refractivity contribution in [1.29, 1.82) is 5.26 Å². The van der Waals surface area contributed by atoms with E-state index in [1.807, 2.05) is 24.3 Å². The molecule has 0 unspecified atom stereocenters. The summed E-state index contributed by atoms with van der Waals surface area (Å²) in [6.45, 7) is 3.61. The molecule has 0 aliphatic rings. The van der Waals surface area contributed by atoms with Crippen molar-refractivity contribution in [3.05, 3.63) is 47.0 Å². The Morgan fingerprint density at radius 3 is 2.77 bits per heavy atom. The molecule has 0 aliphatic carbocycles. The minimum Gasteiger partial charge on any atom is -0.192 e. The van der Waals surface area contributed by atoms with Crippen LogP contribution in [0.1, 0.15) is 17.5 Å². The number of rotatable bonds is 3. The van der Waals surface area contributed by atoms with Crippen LogP contribution < -0.4 is 0 Å². The molecule has 0 spiro atoms. The lowest BCUT2D eigenvalue weighted by Crippen LogP contribution is -1.89. The molecule has 0 amide bonds. The summed E-state index contributed by atoms with van der Waals surface area (Å²) in [6, 6.07) is 9.68. The van der Waals surface area contributed by atoms with Gasteiger partial charge in [0.1, 0.15) is 0 Å². The van der Waals surface area contributed by atoms with Gasteiger partial charge in [-0.3, -0.25) is 0 Å². The van der Waals surface area contributed by atoms with Gasteiger partial charge in [-0.1, -0.05) is 36.4 Å². The number of hydrogen-bond donors (Lipinski definition) is 0. The summed E-state index contributed by atoms with van der Waals surface area (Å²) in [5, 5.41) is 9.41. The van der Waals surface area contributed by atoms with Crippen LogP contribution in [0.25, 0.3) is 0 Å². The van der Waals surface area contributed by atoms with Crippen LogP contribution in [0.15, 0.2) is 35.9 Å². The fraction of sp³-hybridized carbons (Fsp3) is 0.182. The normalized spacial score (nSPS) is 9.23. The Hall–Kier alpha value is -1.26. The predicted molar refractivity (Wildman–Crippen MR) is 54.5 cm³/mol. The van der Waals surface area contributed by atoms with Gasteiger partial charge in [-0.2, -0.15) is 5.26 Å². The maximum absolute atomic E-state index is 8.78. The highest BCUT2D eigenvalue weighted by Gasteiger charge is 2.00. The molecule has 66 valence electrons. The summed E-state index contributed by atoms with van der Waals surface area (Å²) in [5.41, 5.74) is 1.76. The van der Waals surface area contributed by atoms with Crippen molar-refractivity contribution in [1.82, 2.24) is 0 Å². The highest BCUT2D eigenvalue weighted by Crippen LogP contribution is 2.13. The first-order valence-corrected chi connectivity index (χ1v) is 4.43. The lowest BCUT2D eigenvalue weighted by Gasteiger charge is -2.01. The molecule has 1 nitrogen and oxygen atoms in total. The molecule has 0 saturated heterocycles. The van der Waals surface area contributed by atoms with E-state index in [9.17, 15) is 0 Å². The first-order chi connectivity index (χ1) is 6.24. The van der Waals surface area contributed by atoms with Gasteiger partial charge in [-0.05, 0) is 24.5 Å². The van der Waals surface area contributed by atoms with Crippen LogP contribution in [-0.2, 0) is 6.42 Å². The van der Waals surface area contributed by atoms with Gasteiger partial charge < -0.3 is 0 Å². The first kappa shape index (κ1) is 9.83. The fourth-order valence-corrected chi connectivity index (χ4v) is 1.21. The van der Waals surface area contributed by atoms with Gasteiger partial charge in [-0.25, -0.2) is 0 Å². The van der Waals surface area contributed by atoms with Crippen LogP contribution in [-0.4, -0.2) is 0 Å². The number of nitrogens with zero attached hydrogens (tertiary/aromatic N) is 1. The first-order valence-electron chi connectivity index (χ1n) is 4.05. The molecule has 0 aromatic heterocycles. The highest BCUT2D eigenvalue weighted by molar-refractivity contribution is 6.29. The maximum Gasteiger partial charge on any atom is 0.0994 e. The highest BCUT2D eigenvalue weighted by atomic mass is 35.5. The van der Waals surface area contributed by atoms with Gasteiger partial charge in [0.25, 0.3) is 0 Å². The third kappa shape index (κ3) is 2.93. The minimum atomic E-state index is 0.632. The Labute approximate surface area is 83.3 Å². The number of benzene rings is 1. The van der Waals surface area contributed by atoms with E-state index < -0.39 is 0 Å². The van der Waals surface area contributed by atoms with Crippen molar-refractivity contribution in [2.24, 2.45) is 0 Å². The van der Waals surface area contributed by atoms with Crippen LogP contribution in [0.3, 0.4) is 0 Å². The number of hydrogen-bond acceptors (Lipinski definition) is 1. The van der Waals surface area contributed by atoms with Gasteiger partial charge in [0, 0.05) is 5.03 Å². The number of halogens is 1. The molecular weight excluding hydrogens is 182 g/mol. The SMILES string of the molecule is C=C(Cl)CCc1ccccc1C#N. The van der Waals surface area contributed by atoms with Crippen molar-refractivity contribution in [2.45, 2.75) is 12.8 Å². The van der Waals surface area contributed by atoms with Gasteiger partial charge in [0.05, 0.1) is 11.6 Å². The summed E-state index contributed by atoms with van der Waals surface area (Å²) >= 11 is 5.65. The van der Waals surface area contributed by atoms with Gasteiger partial charge in [-0.15, -0.1) is 0 Å². The van der Waals surface area contributed by atoms with E-state index >= 15 is 0 Å². The Bertz CT molecular complexity index is 349. The van der Waals surface area contributed by atoms with E-state index in [0.29, 0.717) is 5.03 Å². The topological polar surface area (TPSA) is 23.8 Å². The third-order valence-corrected chi connectivity index (χ3v) is 1.99. The Morgan fingerprint density at radius 1 is 1.46 bits per heavy atom. The van der Waals surface area contributed by atoms with Crippen molar-refractivity contribution >= 4 is 11.6 Å². The van der Waals surface area contributed by atoms with Crippen molar-refractivity contribution in [3.8, 4) is 6.07 Å². The van der Waals surface area contributed by atoms with E-state index in [-0.39, 0.29) is 0 Å². The predicted octanol–water partition coefficient (Wildman–Crippen LogP) is 3.24. The van der Waals surface area contributed by atoms with E-state index in [4.69, 9.17) is 16.9 Å². The Morgan fingerprint density at radius 2 is 2.15 bits per heavy atom. The molecule has 0 radical (unpaired) electrons. The summed E-state index contributed by atoms with van der Waals surface area (Å²) in [4.78, 5) is 0. The molecule has 13 heavy (non-hydrogen) atoms. The van der Waals surface area contributed by atoms with E-state index in [2.05, 4.69) is 12.6 Å². The largest absolute Gasteiger partial charge is 0.192 e. The van der Waals surface area contributed by atoms with Crippen LogP contribution >= 0.6 is 11.6 Å². The van der Waals surface area contributed by atoms with Gasteiger partial charge in [0.2, 0.25) is 0 Å². The molecule has 2 heteroatoms. The molecule has 0 fully saturated rings. The van der Waals surface area contributed by atoms with E-state index in [0.717, 1.165) is 24.0 Å². The third-order valence-electron chi connectivity index (χ3n) is 1.80. The summed E-state index contributed by atoms with van der Waals surface area (Å²) in [5.74, 6) is 0. The summed E-state index contributed by atoms with van der Waals surface area (Å²) in [7, 11) is 0. The number of nitriles is 1. The van der Waals surface area contributed by atoms with E-state index in [1.54, 1.807) is 0 Å². The van der Waals surface area contributed by atoms with Crippen LogP contribution in [0.5, 0.6) is 0 Å². The smallest absolute Gasteiger partial charge is 0.0994 e. The lowest BCUT2D eigenvalue weighted by atomic mass is 10.0. The molecule has 0 aliphatic heterocycles. The zero-order chi connectivity index (χ0) is 9.68. The van der Waals surface area contributed by atoms with Gasteiger partial charge >= 0.3 is 0 Å². The minimum absolute atomic E-state index is 0.632. The van der Waals surface area contributed by atoms with Crippen LogP contribution in [0.4, 0.5) is 0 Å². The van der Waals surface area contributed by atoms with Crippen LogP contribution in [0.2, 0.25) is 0 Å². The molecule has 0 heterocycles. The molecule has 0 N–H and O–H groups in total. The average molecular weight is 192 g/mol. The summed E-state index contributed by atoms with van der Waals surface area (Å²) < 4.78 is 0. The summed E-state index contributed by atoms with van der Waals surface area (Å²) in [6.07, 6.45) is 1.51. The van der Waals surface area contributed by atoms with E-state index in [1.165, 1.54) is 0 Å². The maximum atomic E-state index is 8.78. The van der Waals surface area contributed by atoms with Gasteiger partial charge in [0.15, 0.2) is 0 Å². The second-order valence-electron chi connectivity index (χ2n) is 2.79. The van der Waals surface area contributed by atoms with Crippen molar-refractivity contribution < 1.29 is 0 Å². The van der Waals surface area contributed by atoms with Crippen LogP contribution in [0, 0.1) is 11.3 Å². The quantitative estimate of drug-likeness (QED) is 0.720. The zero-order valence-electron chi connectivity index (χ0n) is 7.26. The molecule has 1 rings (SSSR count). The molecule has 1 aromatic rings. The van der Waals surface area contributed by atoms with Crippen molar-refractivity contribution in [2.75, 3.05) is 0 Å². The molecule has 0 saturated carbocycles. The lowest BCUT2D eigenvalue weighted by molar-refractivity contribution is 0.984. The molecular formula is C11H10ClN. The Kier molecular flexibility index (Phi) is 3.54. The molecule has 0 atom stereocenters.